The molecule has 0 aromatic carbocycles. The summed E-state index contributed by atoms with van der Waals surface area (Å²) in [5.74, 6) is 0.266. The van der Waals surface area contributed by atoms with Crippen molar-refractivity contribution in [2.24, 2.45) is 0 Å². The quantitative estimate of drug-likeness (QED) is 0.829. The normalized spacial score (nSPS) is 20.2. The lowest BCUT2D eigenvalue weighted by atomic mass is 9.88. The molecule has 1 atom stereocenters. The molecule has 0 radical (unpaired) electrons. The fraction of sp³-hybridized carbons (Fsp3) is 0.714. The summed E-state index contributed by atoms with van der Waals surface area (Å²) < 4.78 is 5.38. The summed E-state index contributed by atoms with van der Waals surface area (Å²) in [7, 11) is 0. The van der Waals surface area contributed by atoms with Crippen molar-refractivity contribution in [3.05, 3.63) is 16.1 Å². The number of carbonyl (C=O) groups is 1. The molecule has 4 nitrogen and oxygen atoms in total. The zero-order valence-electron chi connectivity index (χ0n) is 11.9. The van der Waals surface area contributed by atoms with Crippen LogP contribution in [0.2, 0.25) is 0 Å². The molecule has 19 heavy (non-hydrogen) atoms. The van der Waals surface area contributed by atoms with Gasteiger partial charge in [-0.3, -0.25) is 9.69 Å². The third kappa shape index (κ3) is 3.22. The second-order valence-electron chi connectivity index (χ2n) is 5.18. The van der Waals surface area contributed by atoms with E-state index >= 15 is 0 Å². The van der Waals surface area contributed by atoms with E-state index in [1.807, 2.05) is 12.3 Å². The molecule has 1 fully saturated rings. The summed E-state index contributed by atoms with van der Waals surface area (Å²) in [4.78, 5) is 19.3. The number of carbonyl (C=O) groups excluding carboxylic acids is 1. The molecule has 0 aliphatic carbocycles. The van der Waals surface area contributed by atoms with Gasteiger partial charge in [0.25, 0.3) is 0 Å². The van der Waals surface area contributed by atoms with Crippen LogP contribution in [0.1, 0.15) is 31.0 Å². The molecule has 5 heteroatoms. The van der Waals surface area contributed by atoms with Crippen LogP contribution < -0.4 is 0 Å². The Morgan fingerprint density at radius 3 is 2.74 bits per heavy atom. The summed E-state index contributed by atoms with van der Waals surface area (Å²) >= 11 is 1.60. The van der Waals surface area contributed by atoms with E-state index in [1.54, 1.807) is 11.3 Å². The lowest BCUT2D eigenvalue weighted by molar-refractivity contribution is -0.133. The van der Waals surface area contributed by atoms with Crippen LogP contribution in [0.4, 0.5) is 0 Å². The number of nitrogens with zero attached hydrogens (tertiary/aromatic N) is 2. The Hall–Kier alpha value is -0.780. The zero-order chi connectivity index (χ0) is 13.9. The van der Waals surface area contributed by atoms with Gasteiger partial charge in [0.1, 0.15) is 0 Å². The lowest BCUT2D eigenvalue weighted by Gasteiger charge is -2.41. The van der Waals surface area contributed by atoms with E-state index < -0.39 is 0 Å². The van der Waals surface area contributed by atoms with Gasteiger partial charge in [0.15, 0.2) is 5.78 Å². The number of ether oxygens (including phenoxy) is 1. The highest BCUT2D eigenvalue weighted by molar-refractivity contribution is 7.09. The smallest absolute Gasteiger partial charge is 0.158 e. The Labute approximate surface area is 118 Å². The molecule has 0 spiro atoms. The first-order valence-electron chi connectivity index (χ1n) is 6.83. The van der Waals surface area contributed by atoms with Crippen molar-refractivity contribution in [1.29, 1.82) is 0 Å². The minimum atomic E-state index is -0.388. The maximum absolute atomic E-state index is 12.7. The molecule has 2 rings (SSSR count). The van der Waals surface area contributed by atoms with Crippen LogP contribution in [-0.2, 0) is 16.0 Å². The molecular formula is C14H22N2O2S. The van der Waals surface area contributed by atoms with Gasteiger partial charge >= 0.3 is 0 Å². The monoisotopic (exact) mass is 282 g/mol. The highest BCUT2D eigenvalue weighted by Gasteiger charge is 2.38. The molecule has 0 N–H and O–H groups in total. The number of hydrogen-bond donors (Lipinski definition) is 0. The maximum atomic E-state index is 12.7. The zero-order valence-corrected chi connectivity index (χ0v) is 12.8. The van der Waals surface area contributed by atoms with Gasteiger partial charge in [0.2, 0.25) is 0 Å². The summed E-state index contributed by atoms with van der Waals surface area (Å²) in [6.07, 6.45) is 1.26. The summed E-state index contributed by atoms with van der Waals surface area (Å²) in [5.41, 5.74) is 0.516. The SMILES string of the molecule is CCC(C)(C(=O)Cc1csc(C)n1)N1CCOCC1. The molecule has 0 amide bonds. The molecule has 0 bridgehead atoms. The van der Waals surface area contributed by atoms with Gasteiger partial charge in [-0.05, 0) is 20.3 Å². The fourth-order valence-corrected chi connectivity index (χ4v) is 3.11. The first-order valence-corrected chi connectivity index (χ1v) is 7.71. The predicted octanol–water partition coefficient (Wildman–Crippen LogP) is 2.06. The Kier molecular flexibility index (Phi) is 4.71. The Morgan fingerprint density at radius 2 is 2.21 bits per heavy atom. The number of ketones is 1. The number of aryl methyl sites for hydroxylation is 1. The van der Waals surface area contributed by atoms with Crippen LogP contribution in [0.25, 0.3) is 0 Å². The number of aromatic nitrogens is 1. The molecule has 1 aromatic rings. The number of morpholine rings is 1. The highest BCUT2D eigenvalue weighted by Crippen LogP contribution is 2.24. The molecular weight excluding hydrogens is 260 g/mol. The largest absolute Gasteiger partial charge is 0.379 e. The fourth-order valence-electron chi connectivity index (χ4n) is 2.50. The van der Waals surface area contributed by atoms with Crippen molar-refractivity contribution in [2.75, 3.05) is 26.3 Å². The van der Waals surface area contributed by atoms with Crippen molar-refractivity contribution in [2.45, 2.75) is 39.2 Å². The molecule has 1 aliphatic heterocycles. The number of thiazole rings is 1. The van der Waals surface area contributed by atoms with Gasteiger partial charge in [-0.15, -0.1) is 11.3 Å². The highest BCUT2D eigenvalue weighted by atomic mass is 32.1. The van der Waals surface area contributed by atoms with Gasteiger partial charge in [0.05, 0.1) is 35.9 Å². The first-order chi connectivity index (χ1) is 9.06. The van der Waals surface area contributed by atoms with E-state index in [4.69, 9.17) is 4.74 Å². The van der Waals surface area contributed by atoms with Crippen LogP contribution in [-0.4, -0.2) is 47.5 Å². The van der Waals surface area contributed by atoms with Crippen molar-refractivity contribution in [3.8, 4) is 0 Å². The summed E-state index contributed by atoms with van der Waals surface area (Å²) in [6.45, 7) is 9.23. The molecule has 0 saturated carbocycles. The third-order valence-electron chi connectivity index (χ3n) is 4.01. The topological polar surface area (TPSA) is 42.4 Å². The second-order valence-corrected chi connectivity index (χ2v) is 6.25. The molecule has 2 heterocycles. The second kappa shape index (κ2) is 6.11. The van der Waals surface area contributed by atoms with Crippen LogP contribution in [0.3, 0.4) is 0 Å². The lowest BCUT2D eigenvalue weighted by Crippen LogP contribution is -2.56. The molecule has 106 valence electrons. The van der Waals surface area contributed by atoms with E-state index in [0.29, 0.717) is 6.42 Å². The van der Waals surface area contributed by atoms with E-state index in [2.05, 4.69) is 23.7 Å². The Bertz CT molecular complexity index is 440. The standard InChI is InChI=1S/C14H22N2O2S/c1-4-14(3,16-5-7-18-8-6-16)13(17)9-12-10-19-11(2)15-12/h10H,4-9H2,1-3H3. The van der Waals surface area contributed by atoms with Crippen LogP contribution in [0.15, 0.2) is 5.38 Å². The van der Waals surface area contributed by atoms with E-state index in [-0.39, 0.29) is 11.3 Å². The van der Waals surface area contributed by atoms with Crippen LogP contribution in [0.5, 0.6) is 0 Å². The summed E-state index contributed by atoms with van der Waals surface area (Å²) in [5, 5.41) is 3.01. The first kappa shape index (κ1) is 14.6. The Morgan fingerprint density at radius 1 is 1.53 bits per heavy atom. The van der Waals surface area contributed by atoms with Crippen LogP contribution in [0, 0.1) is 6.92 Å². The van der Waals surface area contributed by atoms with Crippen molar-refractivity contribution in [1.82, 2.24) is 9.88 Å². The molecule has 1 saturated heterocycles. The van der Waals surface area contributed by atoms with E-state index in [1.165, 1.54) is 0 Å². The molecule has 1 aliphatic rings. The minimum absolute atomic E-state index is 0.266. The molecule has 1 unspecified atom stereocenters. The minimum Gasteiger partial charge on any atom is -0.379 e. The number of Topliss-reactive ketones (excluding diaryl/α,β-unsaturated/α-hetero) is 1. The van der Waals surface area contributed by atoms with E-state index in [9.17, 15) is 4.79 Å². The van der Waals surface area contributed by atoms with Gasteiger partial charge in [-0.2, -0.15) is 0 Å². The summed E-state index contributed by atoms with van der Waals surface area (Å²) in [6, 6.07) is 0. The van der Waals surface area contributed by atoms with Gasteiger partial charge in [0, 0.05) is 18.5 Å². The van der Waals surface area contributed by atoms with Crippen LogP contribution >= 0.6 is 11.3 Å². The number of rotatable bonds is 5. The predicted molar refractivity (Wildman–Crippen MR) is 76.7 cm³/mol. The van der Waals surface area contributed by atoms with Gasteiger partial charge in [-0.25, -0.2) is 4.98 Å². The number of hydrogen-bond acceptors (Lipinski definition) is 5. The van der Waals surface area contributed by atoms with Crippen molar-refractivity contribution in [3.63, 3.8) is 0 Å². The van der Waals surface area contributed by atoms with Crippen molar-refractivity contribution >= 4 is 17.1 Å². The molecule has 1 aromatic heterocycles. The van der Waals surface area contributed by atoms with Crippen molar-refractivity contribution < 1.29 is 9.53 Å². The maximum Gasteiger partial charge on any atom is 0.158 e. The van der Waals surface area contributed by atoms with E-state index in [0.717, 1.165) is 43.4 Å². The van der Waals surface area contributed by atoms with Gasteiger partial charge < -0.3 is 4.74 Å². The third-order valence-corrected chi connectivity index (χ3v) is 4.83. The Balaban J connectivity index is 2.08. The van der Waals surface area contributed by atoms with Gasteiger partial charge in [-0.1, -0.05) is 6.92 Å². The average molecular weight is 282 g/mol. The average Bonchev–Trinajstić information content (AvgIpc) is 2.84.